The fourth-order valence-electron chi connectivity index (χ4n) is 3.36. The quantitative estimate of drug-likeness (QED) is 0.587. The Balaban J connectivity index is 1.78. The van der Waals surface area contributed by atoms with E-state index in [4.69, 9.17) is 16.3 Å². The molecule has 0 saturated carbocycles. The standard InChI is InChI=1S/C20H16ClN3O4/c1-2-28-19(26)15-16-18(25)23(14-10-8-13(21)9-11-14)20(27)24(16)17(22-15)12-6-4-3-5-7-12/h3-11,15-16H,2H2,1H3/t15-,16+/m0/s1. The van der Waals surface area contributed by atoms with Crippen LogP contribution in [0.3, 0.4) is 0 Å². The smallest absolute Gasteiger partial charge is 0.337 e. The normalized spacial score (nSPS) is 21.0. The van der Waals surface area contributed by atoms with Crippen molar-refractivity contribution >= 4 is 41.0 Å². The summed E-state index contributed by atoms with van der Waals surface area (Å²) in [6.45, 7) is 1.83. The molecule has 0 aromatic heterocycles. The van der Waals surface area contributed by atoms with Gasteiger partial charge in [0.05, 0.1) is 12.3 Å². The molecule has 0 unspecified atom stereocenters. The second-order valence-electron chi connectivity index (χ2n) is 6.26. The highest BCUT2D eigenvalue weighted by atomic mass is 35.5. The van der Waals surface area contributed by atoms with Gasteiger partial charge in [-0.15, -0.1) is 0 Å². The van der Waals surface area contributed by atoms with Crippen LogP contribution in [0.25, 0.3) is 0 Å². The maximum atomic E-state index is 13.2. The van der Waals surface area contributed by atoms with Gasteiger partial charge in [0, 0.05) is 10.6 Å². The van der Waals surface area contributed by atoms with Crippen LogP contribution in [0.2, 0.25) is 5.02 Å². The molecule has 2 heterocycles. The number of amidine groups is 1. The van der Waals surface area contributed by atoms with E-state index < -0.39 is 30.0 Å². The number of esters is 1. The van der Waals surface area contributed by atoms with Crippen LogP contribution in [0.1, 0.15) is 12.5 Å². The zero-order valence-corrected chi connectivity index (χ0v) is 15.7. The number of carbonyl (C=O) groups excluding carboxylic acids is 3. The lowest BCUT2D eigenvalue weighted by molar-refractivity contribution is -0.146. The highest BCUT2D eigenvalue weighted by Crippen LogP contribution is 2.34. The van der Waals surface area contributed by atoms with E-state index in [0.29, 0.717) is 16.3 Å². The van der Waals surface area contributed by atoms with E-state index >= 15 is 0 Å². The lowest BCUT2D eigenvalue weighted by Crippen LogP contribution is -2.43. The fraction of sp³-hybridized carbons (Fsp3) is 0.200. The molecule has 2 aliphatic heterocycles. The van der Waals surface area contributed by atoms with Crippen LogP contribution in [0.4, 0.5) is 10.5 Å². The number of hydrogen-bond acceptors (Lipinski definition) is 5. The van der Waals surface area contributed by atoms with Gasteiger partial charge in [-0.1, -0.05) is 41.9 Å². The summed E-state index contributed by atoms with van der Waals surface area (Å²) in [7, 11) is 0. The molecule has 1 fully saturated rings. The SMILES string of the molecule is CCOC(=O)[C@H]1N=C(c2ccccc2)N2C(=O)N(c3ccc(Cl)cc3)C(=O)[C@@H]12. The predicted octanol–water partition coefficient (Wildman–Crippen LogP) is 2.87. The maximum absolute atomic E-state index is 13.2. The van der Waals surface area contributed by atoms with Crippen LogP contribution in [-0.4, -0.2) is 47.3 Å². The van der Waals surface area contributed by atoms with E-state index in [0.717, 1.165) is 4.90 Å². The van der Waals surface area contributed by atoms with Crippen LogP contribution in [0.5, 0.6) is 0 Å². The number of aliphatic imine (C=N–C) groups is 1. The van der Waals surface area contributed by atoms with Gasteiger partial charge in [-0.05, 0) is 31.2 Å². The average molecular weight is 398 g/mol. The molecule has 4 rings (SSSR count). The zero-order chi connectivity index (χ0) is 19.8. The molecule has 7 nitrogen and oxygen atoms in total. The van der Waals surface area contributed by atoms with Crippen molar-refractivity contribution in [3.05, 3.63) is 65.2 Å². The maximum Gasteiger partial charge on any atom is 0.337 e. The molecule has 2 aliphatic rings. The Hall–Kier alpha value is -3.19. The minimum Gasteiger partial charge on any atom is -0.464 e. The Labute approximate surface area is 166 Å². The van der Waals surface area contributed by atoms with Crippen LogP contribution < -0.4 is 4.90 Å². The van der Waals surface area contributed by atoms with Crippen molar-refractivity contribution in [2.75, 3.05) is 11.5 Å². The lowest BCUT2D eigenvalue weighted by atomic mass is 10.1. The molecular weight excluding hydrogens is 382 g/mol. The molecular formula is C20H16ClN3O4. The Morgan fingerprint density at radius 2 is 1.79 bits per heavy atom. The van der Waals surface area contributed by atoms with Crippen molar-refractivity contribution in [3.63, 3.8) is 0 Å². The summed E-state index contributed by atoms with van der Waals surface area (Å²) in [5.74, 6) is -0.888. The summed E-state index contributed by atoms with van der Waals surface area (Å²) in [4.78, 5) is 45.4. The molecule has 0 aliphatic carbocycles. The van der Waals surface area contributed by atoms with Crippen molar-refractivity contribution in [1.82, 2.24) is 4.90 Å². The minimum atomic E-state index is -1.11. The van der Waals surface area contributed by atoms with Crippen molar-refractivity contribution in [3.8, 4) is 0 Å². The Morgan fingerprint density at radius 3 is 2.43 bits per heavy atom. The number of urea groups is 1. The first kappa shape index (κ1) is 18.2. The van der Waals surface area contributed by atoms with Gasteiger partial charge >= 0.3 is 12.0 Å². The van der Waals surface area contributed by atoms with E-state index in [1.807, 2.05) is 6.07 Å². The van der Waals surface area contributed by atoms with E-state index in [-0.39, 0.29) is 12.4 Å². The highest BCUT2D eigenvalue weighted by molar-refractivity contribution is 6.32. The molecule has 0 N–H and O–H groups in total. The molecule has 8 heteroatoms. The Bertz CT molecular complexity index is 975. The van der Waals surface area contributed by atoms with E-state index in [1.165, 1.54) is 4.90 Å². The molecule has 142 valence electrons. The largest absolute Gasteiger partial charge is 0.464 e. The second-order valence-corrected chi connectivity index (χ2v) is 6.70. The van der Waals surface area contributed by atoms with Gasteiger partial charge in [0.25, 0.3) is 5.91 Å². The van der Waals surface area contributed by atoms with E-state index in [9.17, 15) is 14.4 Å². The highest BCUT2D eigenvalue weighted by Gasteiger charge is 2.57. The number of ether oxygens (including phenoxy) is 1. The van der Waals surface area contributed by atoms with Gasteiger partial charge in [0.1, 0.15) is 5.84 Å². The monoisotopic (exact) mass is 397 g/mol. The van der Waals surface area contributed by atoms with Crippen LogP contribution in [0.15, 0.2) is 59.6 Å². The molecule has 2 atom stereocenters. The van der Waals surface area contributed by atoms with Crippen LogP contribution in [-0.2, 0) is 14.3 Å². The molecule has 28 heavy (non-hydrogen) atoms. The summed E-state index contributed by atoms with van der Waals surface area (Å²) in [6.07, 6.45) is 0. The first-order valence-corrected chi connectivity index (χ1v) is 9.13. The first-order chi connectivity index (χ1) is 13.5. The third-order valence-corrected chi connectivity index (χ3v) is 4.83. The van der Waals surface area contributed by atoms with Gasteiger partial charge in [0.15, 0.2) is 12.1 Å². The van der Waals surface area contributed by atoms with Gasteiger partial charge < -0.3 is 4.74 Å². The van der Waals surface area contributed by atoms with Gasteiger partial charge in [-0.25, -0.2) is 19.5 Å². The molecule has 0 radical (unpaired) electrons. The molecule has 0 spiro atoms. The molecule has 3 amide bonds. The number of carbonyl (C=O) groups is 3. The fourth-order valence-corrected chi connectivity index (χ4v) is 3.49. The number of fused-ring (bicyclic) bond motifs is 1. The first-order valence-electron chi connectivity index (χ1n) is 8.75. The number of rotatable bonds is 4. The van der Waals surface area contributed by atoms with Gasteiger partial charge in [0.2, 0.25) is 0 Å². The molecule has 0 bridgehead atoms. The minimum absolute atomic E-state index is 0.154. The Kier molecular flexibility index (Phi) is 4.60. The van der Waals surface area contributed by atoms with Gasteiger partial charge in [-0.3, -0.25) is 9.69 Å². The number of imide groups is 1. The van der Waals surface area contributed by atoms with Crippen molar-refractivity contribution in [2.45, 2.75) is 19.0 Å². The summed E-state index contributed by atoms with van der Waals surface area (Å²) in [6, 6.07) is 12.6. The number of amides is 3. The van der Waals surface area contributed by atoms with Crippen molar-refractivity contribution < 1.29 is 19.1 Å². The van der Waals surface area contributed by atoms with Crippen molar-refractivity contribution in [2.24, 2.45) is 4.99 Å². The number of nitrogens with zero attached hydrogens (tertiary/aromatic N) is 3. The summed E-state index contributed by atoms with van der Waals surface area (Å²) in [5.41, 5.74) is 1.02. The zero-order valence-electron chi connectivity index (χ0n) is 14.9. The molecule has 2 aromatic carbocycles. The predicted molar refractivity (Wildman–Crippen MR) is 103 cm³/mol. The third kappa shape index (κ3) is 2.84. The number of benzene rings is 2. The third-order valence-electron chi connectivity index (χ3n) is 4.58. The van der Waals surface area contributed by atoms with Crippen LogP contribution >= 0.6 is 11.6 Å². The number of halogens is 1. The summed E-state index contributed by atoms with van der Waals surface area (Å²) < 4.78 is 5.09. The summed E-state index contributed by atoms with van der Waals surface area (Å²) in [5, 5.41) is 0.485. The van der Waals surface area contributed by atoms with Gasteiger partial charge in [-0.2, -0.15) is 0 Å². The average Bonchev–Trinajstić information content (AvgIpc) is 3.21. The van der Waals surface area contributed by atoms with Crippen molar-refractivity contribution in [1.29, 1.82) is 0 Å². The molecule has 1 saturated heterocycles. The lowest BCUT2D eigenvalue weighted by Gasteiger charge is -2.17. The van der Waals surface area contributed by atoms with E-state index in [2.05, 4.69) is 4.99 Å². The number of anilines is 1. The summed E-state index contributed by atoms with van der Waals surface area (Å²) >= 11 is 5.91. The topological polar surface area (TPSA) is 79.3 Å². The number of hydrogen-bond donors (Lipinski definition) is 0. The molecule has 2 aromatic rings. The Morgan fingerprint density at radius 1 is 1.11 bits per heavy atom. The van der Waals surface area contributed by atoms with Crippen LogP contribution in [0, 0.1) is 0 Å². The second kappa shape index (κ2) is 7.09. The van der Waals surface area contributed by atoms with E-state index in [1.54, 1.807) is 55.5 Å².